The standard InChI is InChI=1S/C20H24N2O4/c1-13(9-18(23)24)11-21-20(25)19-16(7-8-26-19)12-22-14(2)10-15-5-3-4-6-17(15)22/h3-8,13-14H,9-12H2,1-2H3,(H,21,25)(H,23,24). The Bertz CT molecular complexity index is 799. The third-order valence-electron chi connectivity index (χ3n) is 4.78. The number of benzene rings is 1. The van der Waals surface area contributed by atoms with Crippen LogP contribution in [0.4, 0.5) is 5.69 Å². The summed E-state index contributed by atoms with van der Waals surface area (Å²) >= 11 is 0. The van der Waals surface area contributed by atoms with Crippen molar-refractivity contribution in [3.63, 3.8) is 0 Å². The van der Waals surface area contributed by atoms with Gasteiger partial charge in [-0.25, -0.2) is 0 Å². The SMILES string of the molecule is CC(CNC(=O)c1occc1CN1c2ccccc2CC1C)CC(=O)O. The van der Waals surface area contributed by atoms with Crippen LogP contribution in [0, 0.1) is 5.92 Å². The van der Waals surface area contributed by atoms with Crippen molar-refractivity contribution in [2.75, 3.05) is 11.4 Å². The average Bonchev–Trinajstić information content (AvgIpc) is 3.17. The van der Waals surface area contributed by atoms with Crippen molar-refractivity contribution in [3.05, 3.63) is 53.5 Å². The summed E-state index contributed by atoms with van der Waals surface area (Å²) < 4.78 is 5.42. The molecule has 2 heterocycles. The van der Waals surface area contributed by atoms with Crippen molar-refractivity contribution in [2.45, 2.75) is 39.3 Å². The van der Waals surface area contributed by atoms with E-state index in [4.69, 9.17) is 9.52 Å². The number of aliphatic carboxylic acids is 1. The van der Waals surface area contributed by atoms with Crippen LogP contribution in [0.3, 0.4) is 0 Å². The van der Waals surface area contributed by atoms with Crippen molar-refractivity contribution < 1.29 is 19.1 Å². The second kappa shape index (κ2) is 7.64. The molecule has 138 valence electrons. The van der Waals surface area contributed by atoms with Gasteiger partial charge in [0, 0.05) is 36.8 Å². The van der Waals surface area contributed by atoms with Gasteiger partial charge in [0.05, 0.1) is 6.26 Å². The average molecular weight is 356 g/mol. The highest BCUT2D eigenvalue weighted by Crippen LogP contribution is 2.33. The van der Waals surface area contributed by atoms with Crippen LogP contribution in [0.25, 0.3) is 0 Å². The fourth-order valence-corrected chi connectivity index (χ4v) is 3.43. The normalized spacial score (nSPS) is 17.0. The molecule has 0 radical (unpaired) electrons. The van der Waals surface area contributed by atoms with Crippen molar-refractivity contribution in [1.82, 2.24) is 5.32 Å². The monoisotopic (exact) mass is 356 g/mol. The van der Waals surface area contributed by atoms with Gasteiger partial charge in [0.1, 0.15) is 0 Å². The molecule has 26 heavy (non-hydrogen) atoms. The molecule has 0 aliphatic carbocycles. The zero-order chi connectivity index (χ0) is 18.7. The number of hydrogen-bond donors (Lipinski definition) is 2. The van der Waals surface area contributed by atoms with E-state index in [1.807, 2.05) is 18.2 Å². The molecule has 0 saturated carbocycles. The van der Waals surface area contributed by atoms with Crippen molar-refractivity contribution in [2.24, 2.45) is 5.92 Å². The van der Waals surface area contributed by atoms with Crippen LogP contribution in [0.5, 0.6) is 0 Å². The molecule has 0 spiro atoms. The highest BCUT2D eigenvalue weighted by Gasteiger charge is 2.27. The smallest absolute Gasteiger partial charge is 0.303 e. The number of hydrogen-bond acceptors (Lipinski definition) is 4. The predicted octanol–water partition coefficient (Wildman–Crippen LogP) is 3.07. The molecular weight excluding hydrogens is 332 g/mol. The highest BCUT2D eigenvalue weighted by molar-refractivity contribution is 5.93. The number of fused-ring (bicyclic) bond motifs is 1. The van der Waals surface area contributed by atoms with Gasteiger partial charge in [-0.1, -0.05) is 25.1 Å². The summed E-state index contributed by atoms with van der Waals surface area (Å²) in [6.45, 7) is 4.87. The molecule has 1 aliphatic rings. The molecular formula is C20H24N2O4. The van der Waals surface area contributed by atoms with Gasteiger partial charge in [-0.15, -0.1) is 0 Å². The lowest BCUT2D eigenvalue weighted by molar-refractivity contribution is -0.137. The lowest BCUT2D eigenvalue weighted by atomic mass is 10.1. The van der Waals surface area contributed by atoms with Crippen LogP contribution in [0.2, 0.25) is 0 Å². The van der Waals surface area contributed by atoms with E-state index in [-0.39, 0.29) is 18.2 Å². The number of anilines is 1. The van der Waals surface area contributed by atoms with Crippen LogP contribution in [-0.4, -0.2) is 29.6 Å². The van der Waals surface area contributed by atoms with Crippen molar-refractivity contribution in [3.8, 4) is 0 Å². The Kier molecular flexibility index (Phi) is 5.30. The number of furan rings is 1. The van der Waals surface area contributed by atoms with Gasteiger partial charge >= 0.3 is 5.97 Å². The molecule has 0 fully saturated rings. The lowest BCUT2D eigenvalue weighted by Crippen LogP contribution is -2.32. The minimum Gasteiger partial charge on any atom is -0.481 e. The fraction of sp³-hybridized carbons (Fsp3) is 0.400. The first-order valence-corrected chi connectivity index (χ1v) is 8.86. The maximum Gasteiger partial charge on any atom is 0.303 e. The van der Waals surface area contributed by atoms with E-state index in [1.165, 1.54) is 17.5 Å². The third kappa shape index (κ3) is 3.90. The van der Waals surface area contributed by atoms with E-state index in [0.29, 0.717) is 24.9 Å². The summed E-state index contributed by atoms with van der Waals surface area (Å²) in [6.07, 6.45) is 2.53. The topological polar surface area (TPSA) is 82.8 Å². The Morgan fingerprint density at radius 1 is 1.35 bits per heavy atom. The highest BCUT2D eigenvalue weighted by atomic mass is 16.4. The van der Waals surface area contributed by atoms with E-state index < -0.39 is 5.97 Å². The molecule has 2 N–H and O–H groups in total. The minimum atomic E-state index is -0.868. The molecule has 0 saturated heterocycles. The van der Waals surface area contributed by atoms with E-state index >= 15 is 0 Å². The molecule has 0 bridgehead atoms. The first kappa shape index (κ1) is 18.0. The Labute approximate surface area is 152 Å². The maximum atomic E-state index is 12.4. The zero-order valence-electron chi connectivity index (χ0n) is 15.1. The van der Waals surface area contributed by atoms with Crippen LogP contribution < -0.4 is 10.2 Å². The zero-order valence-corrected chi connectivity index (χ0v) is 15.1. The summed E-state index contributed by atoms with van der Waals surface area (Å²) in [5.41, 5.74) is 3.34. The molecule has 1 aromatic heterocycles. The summed E-state index contributed by atoms with van der Waals surface area (Å²) in [5.74, 6) is -1.01. The number of nitrogens with zero attached hydrogens (tertiary/aromatic N) is 1. The number of rotatable bonds is 7. The van der Waals surface area contributed by atoms with Crippen LogP contribution >= 0.6 is 0 Å². The second-order valence-electron chi connectivity index (χ2n) is 7.00. The Hall–Kier alpha value is -2.76. The van der Waals surface area contributed by atoms with E-state index in [1.54, 1.807) is 6.92 Å². The molecule has 6 nitrogen and oxygen atoms in total. The van der Waals surface area contributed by atoms with Gasteiger partial charge in [-0.2, -0.15) is 0 Å². The number of carbonyl (C=O) groups excluding carboxylic acids is 1. The van der Waals surface area contributed by atoms with Gasteiger partial charge in [-0.3, -0.25) is 9.59 Å². The Balaban J connectivity index is 1.67. The summed E-state index contributed by atoms with van der Waals surface area (Å²) in [7, 11) is 0. The van der Waals surface area contributed by atoms with Crippen LogP contribution in [-0.2, 0) is 17.8 Å². The second-order valence-corrected chi connectivity index (χ2v) is 7.00. The third-order valence-corrected chi connectivity index (χ3v) is 4.78. The van der Waals surface area contributed by atoms with Crippen molar-refractivity contribution in [1.29, 1.82) is 0 Å². The van der Waals surface area contributed by atoms with Crippen LogP contribution in [0.1, 0.15) is 41.9 Å². The minimum absolute atomic E-state index is 0.0212. The van der Waals surface area contributed by atoms with Crippen molar-refractivity contribution >= 4 is 17.6 Å². The van der Waals surface area contributed by atoms with Gasteiger partial charge in [-0.05, 0) is 37.0 Å². The first-order valence-electron chi connectivity index (χ1n) is 8.86. The van der Waals surface area contributed by atoms with E-state index in [0.717, 1.165) is 12.0 Å². The quantitative estimate of drug-likeness (QED) is 0.797. The molecule has 2 unspecified atom stereocenters. The molecule has 6 heteroatoms. The Morgan fingerprint density at radius 3 is 2.88 bits per heavy atom. The molecule has 2 aromatic rings. The van der Waals surface area contributed by atoms with Gasteiger partial charge < -0.3 is 19.7 Å². The predicted molar refractivity (Wildman–Crippen MR) is 98.2 cm³/mol. The number of carboxylic acid groups (broad SMARTS) is 1. The molecule has 3 rings (SSSR count). The lowest BCUT2D eigenvalue weighted by Gasteiger charge is -2.24. The van der Waals surface area contributed by atoms with Crippen LogP contribution in [0.15, 0.2) is 41.0 Å². The molecule has 1 aliphatic heterocycles. The maximum absolute atomic E-state index is 12.4. The van der Waals surface area contributed by atoms with E-state index in [2.05, 4.69) is 29.3 Å². The summed E-state index contributed by atoms with van der Waals surface area (Å²) in [6, 6.07) is 10.5. The number of para-hydroxylation sites is 1. The van der Waals surface area contributed by atoms with E-state index in [9.17, 15) is 9.59 Å². The molecule has 1 aromatic carbocycles. The largest absolute Gasteiger partial charge is 0.481 e. The number of amides is 1. The van der Waals surface area contributed by atoms with Gasteiger partial charge in [0.2, 0.25) is 0 Å². The number of carboxylic acids is 1. The molecule has 1 amide bonds. The summed E-state index contributed by atoms with van der Waals surface area (Å²) in [4.78, 5) is 25.5. The molecule has 2 atom stereocenters. The summed E-state index contributed by atoms with van der Waals surface area (Å²) in [5, 5.41) is 11.6. The number of nitrogens with one attached hydrogen (secondary N) is 1. The number of carbonyl (C=O) groups is 2. The fourth-order valence-electron chi connectivity index (χ4n) is 3.43. The van der Waals surface area contributed by atoms with Gasteiger partial charge in [0.25, 0.3) is 5.91 Å². The Morgan fingerprint density at radius 2 is 2.12 bits per heavy atom. The van der Waals surface area contributed by atoms with Gasteiger partial charge in [0.15, 0.2) is 5.76 Å². The first-order chi connectivity index (χ1) is 12.5.